The fraction of sp³-hybridized carbons (Fsp3) is 0.393. The number of fused-ring (bicyclic) bond motifs is 2. The molecule has 2 aromatic heterocycles. The monoisotopic (exact) mass is 459 g/mol. The number of para-hydroxylation sites is 2. The average Bonchev–Trinajstić information content (AvgIpc) is 3.41. The molecule has 1 aliphatic carbocycles. The van der Waals surface area contributed by atoms with Crippen molar-refractivity contribution in [2.45, 2.75) is 64.1 Å². The van der Waals surface area contributed by atoms with Crippen molar-refractivity contribution in [1.82, 2.24) is 4.57 Å². The molecule has 0 saturated heterocycles. The van der Waals surface area contributed by atoms with E-state index < -0.39 is 17.6 Å². The number of rotatable bonds is 7. The summed E-state index contributed by atoms with van der Waals surface area (Å²) in [5.41, 5.74) is 7.49. The Kier molecular flexibility index (Phi) is 5.86. The van der Waals surface area contributed by atoms with Gasteiger partial charge in [-0.25, -0.2) is 0 Å². The number of nitrogens with two attached hydrogens (primary N) is 1. The number of carbonyl (C=O) groups is 1. The van der Waals surface area contributed by atoms with Crippen LogP contribution >= 0.6 is 0 Å². The summed E-state index contributed by atoms with van der Waals surface area (Å²) < 4.78 is 8.01. The maximum atomic E-state index is 12.6. The average molecular weight is 460 g/mol. The van der Waals surface area contributed by atoms with E-state index in [-0.39, 0.29) is 5.92 Å². The Morgan fingerprint density at radius 1 is 1.15 bits per heavy atom. The van der Waals surface area contributed by atoms with Crippen LogP contribution in [0.4, 0.5) is 5.82 Å². The molecule has 1 atom stereocenters. The minimum absolute atomic E-state index is 0.167. The molecule has 1 fully saturated rings. The molecule has 1 unspecified atom stereocenters. The molecular formula is C28H33N3O3. The molecule has 0 spiro atoms. The quantitative estimate of drug-likeness (QED) is 0.324. The number of nitrogens with zero attached hydrogens (tertiary/aromatic N) is 1. The highest BCUT2D eigenvalue weighted by Gasteiger charge is 2.37. The van der Waals surface area contributed by atoms with Crippen molar-refractivity contribution in [2.75, 3.05) is 5.32 Å². The molecule has 5 rings (SSSR count). The number of primary amides is 1. The van der Waals surface area contributed by atoms with Crippen molar-refractivity contribution in [3.8, 4) is 0 Å². The molecule has 1 aliphatic rings. The van der Waals surface area contributed by atoms with Crippen LogP contribution in [0.3, 0.4) is 0 Å². The van der Waals surface area contributed by atoms with Crippen molar-refractivity contribution in [1.29, 1.82) is 0 Å². The lowest BCUT2D eigenvalue weighted by Gasteiger charge is -2.30. The topological polar surface area (TPSA) is 93.4 Å². The van der Waals surface area contributed by atoms with E-state index in [1.54, 1.807) is 0 Å². The van der Waals surface area contributed by atoms with Gasteiger partial charge < -0.3 is 25.1 Å². The van der Waals surface area contributed by atoms with Crippen molar-refractivity contribution < 1.29 is 14.3 Å². The van der Waals surface area contributed by atoms with E-state index in [1.807, 2.05) is 73.0 Å². The lowest BCUT2D eigenvalue weighted by Crippen LogP contribution is -2.36. The van der Waals surface area contributed by atoms with E-state index in [9.17, 15) is 9.90 Å². The van der Waals surface area contributed by atoms with Crippen LogP contribution in [0.5, 0.6) is 0 Å². The van der Waals surface area contributed by atoms with Gasteiger partial charge in [-0.3, -0.25) is 4.79 Å². The standard InChI is InChI=1S/C28H33N3O3/c1-28(2,27(29)33)24-21-13-7-8-14-22(21)31(26(32)18-10-4-3-5-11-18)25(24)30-17-20-16-19-12-6-9-15-23(19)34-20/h6-9,12-16,18,26,30,32H,3-5,10-11,17H2,1-2H3,(H2,29,33). The zero-order chi connectivity index (χ0) is 23.9. The summed E-state index contributed by atoms with van der Waals surface area (Å²) in [5.74, 6) is 1.27. The Labute approximate surface area is 199 Å². The minimum Gasteiger partial charge on any atom is -0.459 e. The van der Waals surface area contributed by atoms with Crippen LogP contribution in [0, 0.1) is 5.92 Å². The molecule has 1 saturated carbocycles. The molecule has 0 aliphatic heterocycles. The lowest BCUT2D eigenvalue weighted by atomic mass is 9.83. The number of aliphatic hydroxyl groups excluding tert-OH is 1. The Morgan fingerprint density at radius 3 is 2.59 bits per heavy atom. The maximum absolute atomic E-state index is 12.6. The molecule has 1 amide bonds. The Morgan fingerprint density at radius 2 is 1.85 bits per heavy atom. The first-order valence-corrected chi connectivity index (χ1v) is 12.2. The van der Waals surface area contributed by atoms with Gasteiger partial charge >= 0.3 is 0 Å². The van der Waals surface area contributed by atoms with Crippen molar-refractivity contribution in [3.63, 3.8) is 0 Å². The summed E-state index contributed by atoms with van der Waals surface area (Å²) in [6.45, 7) is 4.12. The predicted molar refractivity (Wildman–Crippen MR) is 136 cm³/mol. The number of furan rings is 1. The molecule has 178 valence electrons. The molecule has 0 radical (unpaired) electrons. The van der Waals surface area contributed by atoms with Crippen molar-refractivity contribution >= 4 is 33.6 Å². The second-order valence-corrected chi connectivity index (χ2v) is 10.0. The van der Waals surface area contributed by atoms with Crippen LogP contribution in [-0.2, 0) is 16.8 Å². The number of carbonyl (C=O) groups excluding carboxylic acids is 1. The van der Waals surface area contributed by atoms with Gasteiger partial charge in [0.1, 0.15) is 23.4 Å². The number of nitrogens with one attached hydrogen (secondary N) is 1. The summed E-state index contributed by atoms with van der Waals surface area (Å²) in [5, 5.41) is 17.1. The highest BCUT2D eigenvalue weighted by molar-refractivity contribution is 5.98. The number of hydrogen-bond donors (Lipinski definition) is 3. The Bertz CT molecular complexity index is 1290. The number of hydrogen-bond acceptors (Lipinski definition) is 4. The molecule has 0 bridgehead atoms. The zero-order valence-electron chi connectivity index (χ0n) is 19.9. The van der Waals surface area contributed by atoms with Gasteiger partial charge in [0.05, 0.1) is 17.5 Å². The largest absolute Gasteiger partial charge is 0.459 e. The second-order valence-electron chi connectivity index (χ2n) is 10.0. The molecule has 2 aromatic carbocycles. The summed E-state index contributed by atoms with van der Waals surface area (Å²) in [6.07, 6.45) is 4.76. The fourth-order valence-electron chi connectivity index (χ4n) is 5.41. The van der Waals surface area contributed by atoms with Gasteiger partial charge in [-0.05, 0) is 44.9 Å². The van der Waals surface area contributed by atoms with Gasteiger partial charge in [0.2, 0.25) is 5.91 Å². The normalized spacial score (nSPS) is 16.2. The van der Waals surface area contributed by atoms with Gasteiger partial charge in [0.25, 0.3) is 0 Å². The number of anilines is 1. The molecule has 6 nitrogen and oxygen atoms in total. The molecule has 4 N–H and O–H groups in total. The summed E-state index contributed by atoms with van der Waals surface area (Å²) >= 11 is 0. The fourth-order valence-corrected chi connectivity index (χ4v) is 5.41. The molecule has 4 aromatic rings. The van der Waals surface area contributed by atoms with E-state index in [1.165, 1.54) is 6.42 Å². The lowest BCUT2D eigenvalue weighted by molar-refractivity contribution is -0.122. The van der Waals surface area contributed by atoms with Gasteiger partial charge in [0, 0.05) is 22.3 Å². The minimum atomic E-state index is -0.937. The Balaban J connectivity index is 1.64. The van der Waals surface area contributed by atoms with E-state index in [4.69, 9.17) is 10.2 Å². The van der Waals surface area contributed by atoms with Crippen LogP contribution in [0.2, 0.25) is 0 Å². The summed E-state index contributed by atoms with van der Waals surface area (Å²) in [4.78, 5) is 12.6. The van der Waals surface area contributed by atoms with Gasteiger partial charge in [-0.2, -0.15) is 0 Å². The third-order valence-corrected chi connectivity index (χ3v) is 7.39. The summed E-state index contributed by atoms with van der Waals surface area (Å²) in [6, 6.07) is 17.9. The first-order valence-electron chi connectivity index (χ1n) is 12.2. The van der Waals surface area contributed by atoms with Gasteiger partial charge in [-0.1, -0.05) is 55.7 Å². The smallest absolute Gasteiger partial charge is 0.227 e. The van der Waals surface area contributed by atoms with Crippen molar-refractivity contribution in [2.24, 2.45) is 11.7 Å². The van der Waals surface area contributed by atoms with Gasteiger partial charge in [-0.15, -0.1) is 0 Å². The number of benzene rings is 2. The van der Waals surface area contributed by atoms with E-state index in [0.717, 1.165) is 64.7 Å². The van der Waals surface area contributed by atoms with Crippen LogP contribution in [0.15, 0.2) is 59.0 Å². The Hall–Kier alpha value is -3.25. The first-order chi connectivity index (χ1) is 16.4. The highest BCUT2D eigenvalue weighted by atomic mass is 16.3. The third kappa shape index (κ3) is 3.86. The molecular weight excluding hydrogens is 426 g/mol. The van der Waals surface area contributed by atoms with E-state index in [2.05, 4.69) is 5.32 Å². The SMILES string of the molecule is CC(C)(C(N)=O)c1c(NCc2cc3ccccc3o2)n(C(O)C2CCCCC2)c2ccccc12. The highest BCUT2D eigenvalue weighted by Crippen LogP contribution is 2.43. The third-order valence-electron chi connectivity index (χ3n) is 7.39. The predicted octanol–water partition coefficient (Wildman–Crippen LogP) is 5.83. The molecule has 34 heavy (non-hydrogen) atoms. The molecule has 2 heterocycles. The summed E-state index contributed by atoms with van der Waals surface area (Å²) in [7, 11) is 0. The van der Waals surface area contributed by atoms with Gasteiger partial charge in [0.15, 0.2) is 0 Å². The number of amides is 1. The van der Waals surface area contributed by atoms with Crippen molar-refractivity contribution in [3.05, 3.63) is 65.9 Å². The zero-order valence-corrected chi connectivity index (χ0v) is 19.9. The maximum Gasteiger partial charge on any atom is 0.227 e. The van der Waals surface area contributed by atoms with Crippen LogP contribution in [-0.4, -0.2) is 15.6 Å². The molecule has 6 heteroatoms. The van der Waals surface area contributed by atoms with Crippen LogP contribution in [0.25, 0.3) is 21.9 Å². The van der Waals surface area contributed by atoms with E-state index in [0.29, 0.717) is 6.54 Å². The first kappa shape index (κ1) is 22.5. The van der Waals surface area contributed by atoms with Crippen LogP contribution < -0.4 is 11.1 Å². The number of aromatic nitrogens is 1. The second kappa shape index (κ2) is 8.84. The number of aliphatic hydroxyl groups is 1. The van der Waals surface area contributed by atoms with Crippen LogP contribution in [0.1, 0.15) is 63.5 Å². The van der Waals surface area contributed by atoms with E-state index >= 15 is 0 Å².